The van der Waals surface area contributed by atoms with Gasteiger partial charge in [0.1, 0.15) is 0 Å². The molecule has 1 aromatic rings. The maximum Gasteiger partial charge on any atom is 0.413 e. The molecular weight excluding hydrogens is 340 g/mol. The number of carbonyl (C=O) groups is 3. The van der Waals surface area contributed by atoms with Gasteiger partial charge in [-0.25, -0.2) is 4.79 Å². The van der Waals surface area contributed by atoms with Crippen molar-refractivity contribution < 1.29 is 28.8 Å². The van der Waals surface area contributed by atoms with Crippen molar-refractivity contribution in [3.8, 4) is 0 Å². The Balaban J connectivity index is 1.77. The van der Waals surface area contributed by atoms with Crippen LogP contribution in [0.2, 0.25) is 0 Å². The number of imide groups is 1. The maximum absolute atomic E-state index is 12.1. The minimum Gasteiger partial charge on any atom is -0.453 e. The molecule has 1 aliphatic rings. The Labute approximate surface area is 152 Å². The zero-order valence-electron chi connectivity index (χ0n) is 15.0. The number of nitrogens with one attached hydrogen (secondary N) is 3. The Morgan fingerprint density at radius 1 is 1.12 bits per heavy atom. The SMILES string of the molecule is COC(=O)NC(=O)C[NH+](C)CC(=O)Nc1ccc(N2CCOCC2)cc1. The van der Waals surface area contributed by atoms with Crippen molar-refractivity contribution in [1.82, 2.24) is 5.32 Å². The molecule has 9 heteroatoms. The highest BCUT2D eigenvalue weighted by atomic mass is 16.5. The number of alkyl carbamates (subject to hydrolysis) is 1. The van der Waals surface area contributed by atoms with Gasteiger partial charge < -0.3 is 24.6 Å². The lowest BCUT2D eigenvalue weighted by Gasteiger charge is -2.28. The molecule has 1 aromatic carbocycles. The molecule has 3 N–H and O–H groups in total. The molecule has 0 radical (unpaired) electrons. The number of ether oxygens (including phenoxy) is 2. The second-order valence-corrected chi connectivity index (χ2v) is 6.04. The predicted molar refractivity (Wildman–Crippen MR) is 95.3 cm³/mol. The molecule has 1 atom stereocenters. The second-order valence-electron chi connectivity index (χ2n) is 6.04. The molecule has 26 heavy (non-hydrogen) atoms. The lowest BCUT2D eigenvalue weighted by Crippen LogP contribution is -3.11. The van der Waals surface area contributed by atoms with Crippen molar-refractivity contribution in [2.24, 2.45) is 0 Å². The quantitative estimate of drug-likeness (QED) is 0.589. The molecule has 0 aliphatic carbocycles. The number of carbonyl (C=O) groups excluding carboxylic acids is 3. The summed E-state index contributed by atoms with van der Waals surface area (Å²) in [6, 6.07) is 7.62. The second kappa shape index (κ2) is 9.73. The Kier molecular flexibility index (Phi) is 7.37. The van der Waals surface area contributed by atoms with E-state index in [1.807, 2.05) is 24.3 Å². The van der Waals surface area contributed by atoms with Crippen LogP contribution in [0.5, 0.6) is 0 Å². The molecule has 1 saturated heterocycles. The molecule has 1 fully saturated rings. The molecule has 0 spiro atoms. The molecule has 142 valence electrons. The lowest BCUT2D eigenvalue weighted by atomic mass is 10.2. The molecule has 2 rings (SSSR count). The van der Waals surface area contributed by atoms with Gasteiger partial charge in [0.2, 0.25) is 0 Å². The van der Waals surface area contributed by atoms with Crippen molar-refractivity contribution in [2.45, 2.75) is 0 Å². The normalized spacial score (nSPS) is 15.1. The number of hydrogen-bond acceptors (Lipinski definition) is 6. The Morgan fingerprint density at radius 3 is 2.35 bits per heavy atom. The van der Waals surface area contributed by atoms with Crippen LogP contribution in [0.15, 0.2) is 24.3 Å². The highest BCUT2D eigenvalue weighted by Crippen LogP contribution is 2.18. The van der Waals surface area contributed by atoms with Gasteiger partial charge in [-0.3, -0.25) is 14.9 Å². The van der Waals surface area contributed by atoms with Crippen molar-refractivity contribution in [3.05, 3.63) is 24.3 Å². The number of methoxy groups -OCH3 is 1. The van der Waals surface area contributed by atoms with Crippen LogP contribution >= 0.6 is 0 Å². The summed E-state index contributed by atoms with van der Waals surface area (Å²) in [5.41, 5.74) is 1.78. The van der Waals surface area contributed by atoms with Crippen molar-refractivity contribution >= 4 is 29.3 Å². The fourth-order valence-electron chi connectivity index (χ4n) is 2.60. The van der Waals surface area contributed by atoms with Gasteiger partial charge in [-0.1, -0.05) is 0 Å². The van der Waals surface area contributed by atoms with E-state index in [1.165, 1.54) is 7.11 Å². The highest BCUT2D eigenvalue weighted by molar-refractivity contribution is 5.93. The number of likely N-dealkylation sites (N-methyl/N-ethyl adjacent to an activating group) is 1. The summed E-state index contributed by atoms with van der Waals surface area (Å²) < 4.78 is 9.68. The first-order valence-corrected chi connectivity index (χ1v) is 8.39. The fourth-order valence-corrected chi connectivity index (χ4v) is 2.60. The number of benzene rings is 1. The average Bonchev–Trinajstić information content (AvgIpc) is 2.62. The van der Waals surface area contributed by atoms with Gasteiger partial charge in [0, 0.05) is 24.5 Å². The standard InChI is InChI=1S/C17H24N4O5/c1-20(12-16(23)19-17(24)25-2)11-15(22)18-13-3-5-14(6-4-13)21-7-9-26-10-8-21/h3-6H,7-12H2,1-2H3,(H,18,22)(H,19,23,24)/p+1. The predicted octanol–water partition coefficient (Wildman–Crippen LogP) is -1.14. The van der Waals surface area contributed by atoms with Crippen LogP contribution in [-0.4, -0.2) is 71.5 Å². The first-order chi connectivity index (χ1) is 12.5. The monoisotopic (exact) mass is 365 g/mol. The molecule has 9 nitrogen and oxygen atoms in total. The molecule has 1 heterocycles. The molecule has 1 unspecified atom stereocenters. The molecule has 0 aromatic heterocycles. The zero-order valence-corrected chi connectivity index (χ0v) is 15.0. The van der Waals surface area contributed by atoms with Crippen molar-refractivity contribution in [3.63, 3.8) is 0 Å². The van der Waals surface area contributed by atoms with Gasteiger partial charge in [-0.05, 0) is 24.3 Å². The minimum atomic E-state index is -0.812. The van der Waals surface area contributed by atoms with Gasteiger partial charge >= 0.3 is 6.09 Å². The van der Waals surface area contributed by atoms with E-state index < -0.39 is 12.0 Å². The zero-order chi connectivity index (χ0) is 18.9. The Hall–Kier alpha value is -2.65. The van der Waals surface area contributed by atoms with Crippen LogP contribution < -0.4 is 20.4 Å². The van der Waals surface area contributed by atoms with Gasteiger partial charge in [0.25, 0.3) is 11.8 Å². The first kappa shape index (κ1) is 19.7. The lowest BCUT2D eigenvalue weighted by molar-refractivity contribution is -0.862. The summed E-state index contributed by atoms with van der Waals surface area (Å²) in [5, 5.41) is 4.86. The first-order valence-electron chi connectivity index (χ1n) is 8.39. The van der Waals surface area contributed by atoms with Gasteiger partial charge in [0.15, 0.2) is 13.1 Å². The van der Waals surface area contributed by atoms with Crippen LogP contribution in [-0.2, 0) is 19.1 Å². The van der Waals surface area contributed by atoms with E-state index in [0.717, 1.165) is 32.0 Å². The Bertz CT molecular complexity index is 629. The number of nitrogens with zero attached hydrogens (tertiary/aromatic N) is 1. The average molecular weight is 365 g/mol. The van der Waals surface area contributed by atoms with Gasteiger partial charge in [-0.15, -0.1) is 0 Å². The summed E-state index contributed by atoms with van der Waals surface area (Å²) in [6.45, 7) is 3.23. The number of anilines is 2. The number of rotatable bonds is 6. The molecule has 0 bridgehead atoms. The van der Waals surface area contributed by atoms with E-state index in [0.29, 0.717) is 10.6 Å². The molecule has 1 aliphatic heterocycles. The summed E-state index contributed by atoms with van der Waals surface area (Å²) in [7, 11) is 2.87. The topological polar surface area (TPSA) is 101 Å². The molecular formula is C17H25N4O5+. The van der Waals surface area contributed by atoms with Crippen LogP contribution in [0.1, 0.15) is 0 Å². The van der Waals surface area contributed by atoms with E-state index >= 15 is 0 Å². The third-order valence-corrected chi connectivity index (χ3v) is 3.88. The summed E-state index contributed by atoms with van der Waals surface area (Å²) in [6.07, 6.45) is -0.812. The number of amides is 3. The van der Waals surface area contributed by atoms with E-state index in [1.54, 1.807) is 7.05 Å². The highest BCUT2D eigenvalue weighted by Gasteiger charge is 2.16. The molecule has 0 saturated carbocycles. The minimum absolute atomic E-state index is 0.0154. The van der Waals surface area contributed by atoms with Crippen LogP contribution in [0.4, 0.5) is 16.2 Å². The summed E-state index contributed by atoms with van der Waals surface area (Å²) >= 11 is 0. The van der Waals surface area contributed by atoms with E-state index in [4.69, 9.17) is 4.74 Å². The van der Waals surface area contributed by atoms with E-state index in [2.05, 4.69) is 20.3 Å². The third-order valence-electron chi connectivity index (χ3n) is 3.88. The van der Waals surface area contributed by atoms with E-state index in [9.17, 15) is 14.4 Å². The van der Waals surface area contributed by atoms with E-state index in [-0.39, 0.29) is 19.0 Å². The smallest absolute Gasteiger partial charge is 0.413 e. The Morgan fingerprint density at radius 2 is 1.73 bits per heavy atom. The van der Waals surface area contributed by atoms with Crippen molar-refractivity contribution in [1.29, 1.82) is 0 Å². The summed E-state index contributed by atoms with van der Waals surface area (Å²) in [5.74, 6) is -0.718. The summed E-state index contributed by atoms with van der Waals surface area (Å²) in [4.78, 5) is 37.5. The van der Waals surface area contributed by atoms with Gasteiger partial charge in [0.05, 0.1) is 27.4 Å². The largest absolute Gasteiger partial charge is 0.453 e. The maximum atomic E-state index is 12.1. The number of hydrogen-bond donors (Lipinski definition) is 3. The van der Waals surface area contributed by atoms with Crippen LogP contribution in [0, 0.1) is 0 Å². The third kappa shape index (κ3) is 6.34. The number of morpholine rings is 1. The van der Waals surface area contributed by atoms with Gasteiger partial charge in [-0.2, -0.15) is 0 Å². The fraction of sp³-hybridized carbons (Fsp3) is 0.471. The van der Waals surface area contributed by atoms with Crippen molar-refractivity contribution in [2.75, 3.05) is 63.8 Å². The molecule has 3 amide bonds. The number of quaternary nitrogens is 1. The van der Waals surface area contributed by atoms with Crippen LogP contribution in [0.25, 0.3) is 0 Å². The van der Waals surface area contributed by atoms with Crippen LogP contribution in [0.3, 0.4) is 0 Å².